The number of halogens is 3. The Morgan fingerprint density at radius 3 is 2.30 bits per heavy atom. The third-order valence-corrected chi connectivity index (χ3v) is 3.99. The van der Waals surface area contributed by atoms with Crippen molar-refractivity contribution in [3.05, 3.63) is 35.9 Å². The van der Waals surface area contributed by atoms with E-state index in [1.54, 1.807) is 5.32 Å². The van der Waals surface area contributed by atoms with Gasteiger partial charge in [0.1, 0.15) is 0 Å². The number of benzene rings is 1. The van der Waals surface area contributed by atoms with Crippen LogP contribution < -0.4 is 5.32 Å². The van der Waals surface area contributed by atoms with Crippen molar-refractivity contribution in [2.24, 2.45) is 5.92 Å². The molecule has 0 unspecified atom stereocenters. The van der Waals surface area contributed by atoms with Crippen LogP contribution in [0.2, 0.25) is 0 Å². The lowest BCUT2D eigenvalue weighted by atomic mass is 9.90. The second kappa shape index (κ2) is 7.48. The van der Waals surface area contributed by atoms with Gasteiger partial charge in [0, 0.05) is 13.1 Å². The topological polar surface area (TPSA) is 49.4 Å². The molecular weight excluding hydrogens is 309 g/mol. The SMILES string of the molecule is O=C(CNC(=O)C(F)(F)F)N1CCC(Cc2ccccc2)CC1. The van der Waals surface area contributed by atoms with E-state index in [2.05, 4.69) is 12.1 Å². The van der Waals surface area contributed by atoms with E-state index in [1.165, 1.54) is 10.5 Å². The molecule has 0 spiro atoms. The van der Waals surface area contributed by atoms with Gasteiger partial charge in [-0.1, -0.05) is 30.3 Å². The number of nitrogens with one attached hydrogen (secondary N) is 1. The number of amides is 2. The smallest absolute Gasteiger partial charge is 0.341 e. The molecule has 0 saturated carbocycles. The van der Waals surface area contributed by atoms with E-state index in [4.69, 9.17) is 0 Å². The summed E-state index contributed by atoms with van der Waals surface area (Å²) in [6, 6.07) is 10.0. The lowest BCUT2D eigenvalue weighted by molar-refractivity contribution is -0.174. The first kappa shape index (κ1) is 17.3. The Hall–Kier alpha value is -2.05. The van der Waals surface area contributed by atoms with Gasteiger partial charge >= 0.3 is 12.1 Å². The van der Waals surface area contributed by atoms with Gasteiger partial charge in [0.15, 0.2) is 0 Å². The maximum Gasteiger partial charge on any atom is 0.471 e. The van der Waals surface area contributed by atoms with E-state index in [1.807, 2.05) is 18.2 Å². The van der Waals surface area contributed by atoms with Gasteiger partial charge in [-0.2, -0.15) is 13.2 Å². The summed E-state index contributed by atoms with van der Waals surface area (Å²) in [6.07, 6.45) is -2.39. The molecule has 126 valence electrons. The third-order valence-electron chi connectivity index (χ3n) is 3.99. The van der Waals surface area contributed by atoms with Gasteiger partial charge in [-0.15, -0.1) is 0 Å². The number of nitrogens with zero attached hydrogens (tertiary/aromatic N) is 1. The number of hydrogen-bond acceptors (Lipinski definition) is 2. The highest BCUT2D eigenvalue weighted by atomic mass is 19.4. The molecule has 7 heteroatoms. The predicted molar refractivity (Wildman–Crippen MR) is 78.5 cm³/mol. The lowest BCUT2D eigenvalue weighted by Gasteiger charge is -2.32. The molecule has 0 aliphatic carbocycles. The molecule has 1 heterocycles. The minimum absolute atomic E-state index is 0.464. The van der Waals surface area contributed by atoms with Crippen molar-refractivity contribution >= 4 is 11.8 Å². The van der Waals surface area contributed by atoms with Crippen LogP contribution in [0.25, 0.3) is 0 Å². The van der Waals surface area contributed by atoms with Gasteiger partial charge in [0.2, 0.25) is 5.91 Å². The number of likely N-dealkylation sites (tertiary alicyclic amines) is 1. The zero-order valence-corrected chi connectivity index (χ0v) is 12.6. The summed E-state index contributed by atoms with van der Waals surface area (Å²) >= 11 is 0. The Morgan fingerprint density at radius 2 is 1.74 bits per heavy atom. The molecular formula is C16H19F3N2O2. The highest BCUT2D eigenvalue weighted by molar-refractivity contribution is 5.87. The molecule has 1 aliphatic heterocycles. The van der Waals surface area contributed by atoms with Gasteiger partial charge in [0.25, 0.3) is 0 Å². The Labute approximate surface area is 132 Å². The van der Waals surface area contributed by atoms with Crippen molar-refractivity contribution in [1.82, 2.24) is 10.2 Å². The van der Waals surface area contributed by atoms with Crippen molar-refractivity contribution in [2.75, 3.05) is 19.6 Å². The van der Waals surface area contributed by atoms with Crippen LogP contribution in [0.15, 0.2) is 30.3 Å². The fourth-order valence-corrected chi connectivity index (χ4v) is 2.70. The lowest BCUT2D eigenvalue weighted by Crippen LogP contribution is -2.46. The highest BCUT2D eigenvalue weighted by Crippen LogP contribution is 2.21. The molecule has 1 N–H and O–H groups in total. The zero-order valence-electron chi connectivity index (χ0n) is 12.6. The van der Waals surface area contributed by atoms with Crippen LogP contribution in [0, 0.1) is 5.92 Å². The average molecular weight is 328 g/mol. The Morgan fingerprint density at radius 1 is 1.13 bits per heavy atom. The summed E-state index contributed by atoms with van der Waals surface area (Å²) < 4.78 is 36.2. The molecule has 2 rings (SSSR count). The molecule has 0 bridgehead atoms. The number of carbonyl (C=O) groups is 2. The van der Waals surface area contributed by atoms with Crippen molar-refractivity contribution in [2.45, 2.75) is 25.4 Å². The maximum absolute atomic E-state index is 12.1. The van der Waals surface area contributed by atoms with Crippen LogP contribution in [0.5, 0.6) is 0 Å². The van der Waals surface area contributed by atoms with Gasteiger partial charge in [0.05, 0.1) is 6.54 Å². The van der Waals surface area contributed by atoms with E-state index < -0.39 is 24.5 Å². The molecule has 0 aromatic heterocycles. The van der Waals surface area contributed by atoms with Crippen LogP contribution in [-0.4, -0.2) is 42.5 Å². The van der Waals surface area contributed by atoms with E-state index in [9.17, 15) is 22.8 Å². The predicted octanol–water partition coefficient (Wildman–Crippen LogP) is 2.15. The van der Waals surface area contributed by atoms with Gasteiger partial charge in [-0.05, 0) is 30.7 Å². The number of hydrogen-bond donors (Lipinski definition) is 1. The number of carbonyl (C=O) groups excluding carboxylic acids is 2. The summed E-state index contributed by atoms with van der Waals surface area (Å²) in [5.41, 5.74) is 1.25. The van der Waals surface area contributed by atoms with Crippen molar-refractivity contribution < 1.29 is 22.8 Å². The normalized spacial score (nSPS) is 16.2. The van der Waals surface area contributed by atoms with E-state index in [0.717, 1.165) is 19.3 Å². The quantitative estimate of drug-likeness (QED) is 0.921. The highest BCUT2D eigenvalue weighted by Gasteiger charge is 2.38. The third kappa shape index (κ3) is 5.26. The number of rotatable bonds is 4. The van der Waals surface area contributed by atoms with Crippen LogP contribution in [-0.2, 0) is 16.0 Å². The van der Waals surface area contributed by atoms with Crippen molar-refractivity contribution in [3.63, 3.8) is 0 Å². The first-order valence-corrected chi connectivity index (χ1v) is 7.53. The summed E-state index contributed by atoms with van der Waals surface area (Å²) in [7, 11) is 0. The Kier molecular flexibility index (Phi) is 5.63. The molecule has 4 nitrogen and oxygen atoms in total. The summed E-state index contributed by atoms with van der Waals surface area (Å²) in [6.45, 7) is 0.415. The fourth-order valence-electron chi connectivity index (χ4n) is 2.70. The number of alkyl halides is 3. The van der Waals surface area contributed by atoms with E-state index >= 15 is 0 Å². The van der Waals surface area contributed by atoms with Gasteiger partial charge < -0.3 is 10.2 Å². The van der Waals surface area contributed by atoms with Crippen LogP contribution in [0.3, 0.4) is 0 Å². The largest absolute Gasteiger partial charge is 0.471 e. The second-order valence-corrected chi connectivity index (χ2v) is 5.69. The molecule has 0 radical (unpaired) electrons. The van der Waals surface area contributed by atoms with Crippen LogP contribution in [0.1, 0.15) is 18.4 Å². The van der Waals surface area contributed by atoms with Crippen LogP contribution in [0.4, 0.5) is 13.2 Å². The maximum atomic E-state index is 12.1. The average Bonchev–Trinajstić information content (AvgIpc) is 2.53. The zero-order chi connectivity index (χ0) is 16.9. The summed E-state index contributed by atoms with van der Waals surface area (Å²) in [5, 5.41) is 1.62. The first-order valence-electron chi connectivity index (χ1n) is 7.53. The van der Waals surface area contributed by atoms with Crippen molar-refractivity contribution in [1.29, 1.82) is 0 Å². The molecule has 1 aromatic carbocycles. The standard InChI is InChI=1S/C16H19F3N2O2/c17-16(18,19)15(23)20-11-14(22)21-8-6-13(7-9-21)10-12-4-2-1-3-5-12/h1-5,13H,6-11H2,(H,20,23). The van der Waals surface area contributed by atoms with Crippen molar-refractivity contribution in [3.8, 4) is 0 Å². The van der Waals surface area contributed by atoms with Gasteiger partial charge in [-0.25, -0.2) is 0 Å². The molecule has 1 aliphatic rings. The molecule has 1 aromatic rings. The molecule has 23 heavy (non-hydrogen) atoms. The monoisotopic (exact) mass is 328 g/mol. The summed E-state index contributed by atoms with van der Waals surface area (Å²) in [5.74, 6) is -2.09. The van der Waals surface area contributed by atoms with Gasteiger partial charge in [-0.3, -0.25) is 9.59 Å². The van der Waals surface area contributed by atoms with E-state index in [-0.39, 0.29) is 0 Å². The molecule has 1 fully saturated rings. The molecule has 1 saturated heterocycles. The summed E-state index contributed by atoms with van der Waals surface area (Å²) in [4.78, 5) is 24.1. The second-order valence-electron chi connectivity index (χ2n) is 5.69. The molecule has 0 atom stereocenters. The molecule has 2 amide bonds. The minimum Gasteiger partial charge on any atom is -0.341 e. The minimum atomic E-state index is -4.96. The Bertz CT molecular complexity index is 538. The number of piperidine rings is 1. The van der Waals surface area contributed by atoms with Crippen LogP contribution >= 0.6 is 0 Å². The first-order chi connectivity index (χ1) is 10.9. The Balaban J connectivity index is 1.73. The fraction of sp³-hybridized carbons (Fsp3) is 0.500. The van der Waals surface area contributed by atoms with E-state index in [0.29, 0.717) is 19.0 Å².